The fourth-order valence-corrected chi connectivity index (χ4v) is 6.14. The van der Waals surface area contributed by atoms with Crippen LogP contribution in [0, 0.1) is 0 Å². The summed E-state index contributed by atoms with van der Waals surface area (Å²) in [5, 5.41) is 5.82. The van der Waals surface area contributed by atoms with E-state index in [1.165, 1.54) is 12.2 Å². The number of nitrogens with one attached hydrogen (secondary N) is 2. The molecule has 3 rings (SSSR count). The quantitative estimate of drug-likeness (QED) is 0.265. The van der Waals surface area contributed by atoms with Crippen molar-refractivity contribution in [3.05, 3.63) is 85.0 Å². The molecule has 1 atom stereocenters. The van der Waals surface area contributed by atoms with Gasteiger partial charge in [-0.2, -0.15) is 0 Å². The molecular formula is C25H31N2O4P. The number of rotatable bonds is 9. The van der Waals surface area contributed by atoms with Gasteiger partial charge in [-0.1, -0.05) is 42.5 Å². The van der Waals surface area contributed by atoms with Crippen LogP contribution >= 0.6 is 7.60 Å². The Morgan fingerprint density at radius 3 is 2.19 bits per heavy atom. The summed E-state index contributed by atoms with van der Waals surface area (Å²) >= 11 is 0. The molecule has 0 amide bonds. The lowest BCUT2D eigenvalue weighted by Gasteiger charge is -2.40. The van der Waals surface area contributed by atoms with Crippen LogP contribution in [0.15, 0.2) is 73.8 Å². The number of carbonyl (C=O) groups is 1. The number of fused-ring (bicyclic) bond motifs is 1. The molecule has 0 saturated heterocycles. The number of ketones is 1. The first kappa shape index (κ1) is 24.0. The summed E-state index contributed by atoms with van der Waals surface area (Å²) in [4.78, 5) is 13.0. The summed E-state index contributed by atoms with van der Waals surface area (Å²) in [5.74, 6) is -0.0885. The summed E-state index contributed by atoms with van der Waals surface area (Å²) in [5.41, 5.74) is 2.15. The Balaban J connectivity index is 2.06. The van der Waals surface area contributed by atoms with Gasteiger partial charge in [0.2, 0.25) is 0 Å². The smallest absolute Gasteiger partial charge is 0.356 e. The Bertz CT molecular complexity index is 1040. The van der Waals surface area contributed by atoms with Crippen molar-refractivity contribution in [2.24, 2.45) is 0 Å². The lowest BCUT2D eigenvalue weighted by Crippen LogP contribution is -2.43. The van der Waals surface area contributed by atoms with Gasteiger partial charge >= 0.3 is 7.60 Å². The first-order valence-corrected chi connectivity index (χ1v) is 12.1. The molecule has 0 saturated carbocycles. The van der Waals surface area contributed by atoms with E-state index in [9.17, 15) is 9.36 Å². The number of hydrogen-bond acceptors (Lipinski definition) is 6. The highest BCUT2D eigenvalue weighted by Gasteiger charge is 2.52. The largest absolute Gasteiger partial charge is 0.378 e. The maximum absolute atomic E-state index is 14.0. The van der Waals surface area contributed by atoms with Crippen LogP contribution in [0.2, 0.25) is 0 Å². The van der Waals surface area contributed by atoms with Crippen LogP contribution in [0.1, 0.15) is 43.1 Å². The van der Waals surface area contributed by atoms with Gasteiger partial charge in [-0.15, -0.1) is 13.2 Å². The summed E-state index contributed by atoms with van der Waals surface area (Å²) in [7, 11) is -3.68. The van der Waals surface area contributed by atoms with E-state index >= 15 is 0 Å². The van der Waals surface area contributed by atoms with Gasteiger partial charge < -0.3 is 19.7 Å². The summed E-state index contributed by atoms with van der Waals surface area (Å²) < 4.78 is 25.5. The molecule has 2 aromatic carbocycles. The average Bonchev–Trinajstić information content (AvgIpc) is 2.87. The topological polar surface area (TPSA) is 76.7 Å². The second-order valence-corrected chi connectivity index (χ2v) is 11.2. The highest BCUT2D eigenvalue weighted by molar-refractivity contribution is 7.55. The molecule has 2 N–H and O–H groups in total. The highest BCUT2D eigenvalue weighted by atomic mass is 31.2. The van der Waals surface area contributed by atoms with Crippen molar-refractivity contribution < 1.29 is 18.4 Å². The Kier molecular flexibility index (Phi) is 7.09. The lowest BCUT2D eigenvalue weighted by molar-refractivity contribution is 0.103. The molecule has 1 unspecified atom stereocenters. The van der Waals surface area contributed by atoms with Crippen molar-refractivity contribution in [3.63, 3.8) is 0 Å². The van der Waals surface area contributed by atoms with E-state index in [1.807, 2.05) is 45.0 Å². The van der Waals surface area contributed by atoms with Gasteiger partial charge in [0.25, 0.3) is 0 Å². The molecule has 2 aromatic rings. The van der Waals surface area contributed by atoms with Crippen LogP contribution in [-0.2, 0) is 13.6 Å². The maximum Gasteiger partial charge on any atom is 0.356 e. The molecular weight excluding hydrogens is 423 g/mol. The second-order valence-electron chi connectivity index (χ2n) is 8.71. The third kappa shape index (κ3) is 5.04. The predicted octanol–water partition coefficient (Wildman–Crippen LogP) is 6.24. The standard InChI is InChI=1S/C25H31N2O4P/c1-6-15-30-32(29,31-16-7-2)25(5)18-24(3,4)26-21-14-13-20(17-22(21)27-25)23(28)19-11-9-8-10-12-19/h6-14,17,26-27H,1-2,15-16,18H2,3-5H3. The van der Waals surface area contributed by atoms with Crippen LogP contribution in [0.4, 0.5) is 11.4 Å². The van der Waals surface area contributed by atoms with Gasteiger partial charge in [0.1, 0.15) is 5.28 Å². The van der Waals surface area contributed by atoms with Crippen molar-refractivity contribution in [1.29, 1.82) is 0 Å². The van der Waals surface area contributed by atoms with E-state index in [-0.39, 0.29) is 19.0 Å². The molecule has 0 aromatic heterocycles. The SMILES string of the molecule is C=CCOP(=O)(OCC=C)C1(C)CC(C)(C)Nc2ccc(C(=O)c3ccccc3)cc2N1. The van der Waals surface area contributed by atoms with Crippen LogP contribution in [0.5, 0.6) is 0 Å². The lowest BCUT2D eigenvalue weighted by atomic mass is 9.96. The Morgan fingerprint density at radius 1 is 0.969 bits per heavy atom. The molecule has 1 aliphatic heterocycles. The van der Waals surface area contributed by atoms with Crippen molar-refractivity contribution in [2.45, 2.75) is 38.0 Å². The first-order chi connectivity index (χ1) is 15.1. The van der Waals surface area contributed by atoms with Crippen molar-refractivity contribution >= 4 is 24.8 Å². The number of anilines is 2. The molecule has 0 radical (unpaired) electrons. The molecule has 0 spiro atoms. The predicted molar refractivity (Wildman–Crippen MR) is 131 cm³/mol. The number of carbonyl (C=O) groups excluding carboxylic acids is 1. The van der Waals surface area contributed by atoms with E-state index in [2.05, 4.69) is 23.8 Å². The van der Waals surface area contributed by atoms with E-state index in [0.717, 1.165) is 5.69 Å². The molecule has 170 valence electrons. The Labute approximate surface area is 190 Å². The first-order valence-electron chi connectivity index (χ1n) is 10.5. The third-order valence-electron chi connectivity index (χ3n) is 5.31. The summed E-state index contributed by atoms with van der Waals surface area (Å²) in [6.07, 6.45) is 3.51. The van der Waals surface area contributed by atoms with E-state index in [1.54, 1.807) is 24.3 Å². The summed E-state index contributed by atoms with van der Waals surface area (Å²) in [6, 6.07) is 14.6. The Morgan fingerprint density at radius 2 is 1.59 bits per heavy atom. The second kappa shape index (κ2) is 9.45. The molecule has 7 heteroatoms. The van der Waals surface area contributed by atoms with Crippen LogP contribution in [-0.4, -0.2) is 29.8 Å². The maximum atomic E-state index is 14.0. The molecule has 1 aliphatic rings. The average molecular weight is 455 g/mol. The minimum absolute atomic E-state index is 0.0823. The number of benzene rings is 2. The molecule has 1 heterocycles. The molecule has 6 nitrogen and oxygen atoms in total. The minimum atomic E-state index is -3.68. The van der Waals surface area contributed by atoms with E-state index < -0.39 is 18.4 Å². The normalized spacial score (nSPS) is 19.6. The minimum Gasteiger partial charge on any atom is -0.378 e. The third-order valence-corrected chi connectivity index (χ3v) is 7.77. The number of hydrogen-bond donors (Lipinski definition) is 2. The fraction of sp³-hybridized carbons (Fsp3) is 0.320. The van der Waals surface area contributed by atoms with Gasteiger partial charge in [0.05, 0.1) is 24.6 Å². The van der Waals surface area contributed by atoms with Gasteiger partial charge in [0, 0.05) is 23.1 Å². The highest BCUT2D eigenvalue weighted by Crippen LogP contribution is 2.63. The molecule has 32 heavy (non-hydrogen) atoms. The van der Waals surface area contributed by atoms with Crippen molar-refractivity contribution in [1.82, 2.24) is 0 Å². The van der Waals surface area contributed by atoms with Crippen LogP contribution in [0.3, 0.4) is 0 Å². The molecule has 0 aliphatic carbocycles. The van der Waals surface area contributed by atoms with Gasteiger partial charge in [-0.25, -0.2) is 0 Å². The zero-order chi connectivity index (χ0) is 23.4. The fourth-order valence-electron chi connectivity index (χ4n) is 4.05. The van der Waals surface area contributed by atoms with Gasteiger partial charge in [-0.05, 0) is 39.0 Å². The van der Waals surface area contributed by atoms with Crippen LogP contribution in [0.25, 0.3) is 0 Å². The van der Waals surface area contributed by atoms with Crippen LogP contribution < -0.4 is 10.6 Å². The molecule has 0 fully saturated rings. The molecule has 0 bridgehead atoms. The van der Waals surface area contributed by atoms with Crippen molar-refractivity contribution in [3.8, 4) is 0 Å². The van der Waals surface area contributed by atoms with E-state index in [4.69, 9.17) is 9.05 Å². The summed E-state index contributed by atoms with van der Waals surface area (Å²) in [6.45, 7) is 13.4. The van der Waals surface area contributed by atoms with E-state index in [0.29, 0.717) is 23.2 Å². The zero-order valence-corrected chi connectivity index (χ0v) is 19.8. The van der Waals surface area contributed by atoms with Crippen molar-refractivity contribution in [2.75, 3.05) is 23.8 Å². The monoisotopic (exact) mass is 454 g/mol. The van der Waals surface area contributed by atoms with Gasteiger partial charge in [-0.3, -0.25) is 9.36 Å². The Hall–Kier alpha value is -2.66. The van der Waals surface area contributed by atoms with Gasteiger partial charge in [0.15, 0.2) is 5.78 Å². The zero-order valence-electron chi connectivity index (χ0n) is 18.9.